The summed E-state index contributed by atoms with van der Waals surface area (Å²) in [7, 11) is 0. The number of amides is 1. The Morgan fingerprint density at radius 1 is 1.36 bits per heavy atom. The predicted octanol–water partition coefficient (Wildman–Crippen LogP) is 4.34. The van der Waals surface area contributed by atoms with E-state index >= 15 is 0 Å². The number of anilines is 1. The number of fused-ring (bicyclic) bond motifs is 1. The van der Waals surface area contributed by atoms with Crippen LogP contribution in [-0.4, -0.2) is 22.7 Å². The van der Waals surface area contributed by atoms with Crippen molar-refractivity contribution in [1.82, 2.24) is 10.2 Å². The van der Waals surface area contributed by atoms with Gasteiger partial charge in [-0.2, -0.15) is 0 Å². The van der Waals surface area contributed by atoms with Crippen molar-refractivity contribution in [1.29, 1.82) is 0 Å². The van der Waals surface area contributed by atoms with Crippen LogP contribution in [0.1, 0.15) is 30.0 Å². The fourth-order valence-corrected chi connectivity index (χ4v) is 3.12. The first-order valence-electron chi connectivity index (χ1n) is 7.92. The fourth-order valence-electron chi connectivity index (χ4n) is 2.53. The van der Waals surface area contributed by atoms with Crippen LogP contribution in [0.5, 0.6) is 5.75 Å². The van der Waals surface area contributed by atoms with E-state index in [1.54, 1.807) is 6.26 Å². The molecular weight excluding hydrogens is 338 g/mol. The van der Waals surface area contributed by atoms with Crippen LogP contribution in [0.25, 0.3) is 16.5 Å². The molecule has 1 amide bonds. The van der Waals surface area contributed by atoms with Crippen LogP contribution < -0.4 is 10.1 Å². The van der Waals surface area contributed by atoms with Crippen LogP contribution >= 0.6 is 11.3 Å². The summed E-state index contributed by atoms with van der Waals surface area (Å²) in [6, 6.07) is 3.86. The minimum absolute atomic E-state index is 0.250. The number of carbonyl (C=O) groups excluding carboxylic acids is 1. The average molecular weight is 357 g/mol. The second-order valence-electron chi connectivity index (χ2n) is 5.64. The summed E-state index contributed by atoms with van der Waals surface area (Å²) in [6.45, 7) is 8.15. The summed E-state index contributed by atoms with van der Waals surface area (Å²) in [5.41, 5.74) is 3.47. The van der Waals surface area contributed by atoms with E-state index in [9.17, 15) is 4.79 Å². The fraction of sp³-hybridized carbons (Fsp3) is 0.278. The second-order valence-corrected chi connectivity index (χ2v) is 6.82. The smallest absolute Gasteiger partial charge is 0.250 e. The zero-order valence-electron chi connectivity index (χ0n) is 14.5. The van der Waals surface area contributed by atoms with E-state index in [1.807, 2.05) is 39.8 Å². The Labute approximate surface area is 149 Å². The van der Waals surface area contributed by atoms with Crippen molar-refractivity contribution in [2.75, 3.05) is 11.9 Å². The van der Waals surface area contributed by atoms with E-state index in [0.29, 0.717) is 17.5 Å². The van der Waals surface area contributed by atoms with Gasteiger partial charge < -0.3 is 9.15 Å². The molecule has 3 aromatic rings. The van der Waals surface area contributed by atoms with E-state index in [0.717, 1.165) is 32.7 Å². The Kier molecular flexibility index (Phi) is 4.85. The highest BCUT2D eigenvalue weighted by atomic mass is 32.1. The molecule has 0 aliphatic carbocycles. The van der Waals surface area contributed by atoms with Crippen molar-refractivity contribution >= 4 is 38.9 Å². The van der Waals surface area contributed by atoms with Crippen molar-refractivity contribution in [3.63, 3.8) is 0 Å². The Morgan fingerprint density at radius 3 is 2.84 bits per heavy atom. The summed E-state index contributed by atoms with van der Waals surface area (Å²) < 4.78 is 11.3. The zero-order chi connectivity index (χ0) is 18.0. The quantitative estimate of drug-likeness (QED) is 0.687. The van der Waals surface area contributed by atoms with Crippen LogP contribution in [0.2, 0.25) is 0 Å². The Balaban J connectivity index is 1.93. The van der Waals surface area contributed by atoms with Gasteiger partial charge in [-0.3, -0.25) is 10.1 Å². The number of rotatable bonds is 5. The number of carbonyl (C=O) groups is 1. The third-order valence-electron chi connectivity index (χ3n) is 3.70. The Bertz CT molecular complexity index is 956. The van der Waals surface area contributed by atoms with Gasteiger partial charge in [0.1, 0.15) is 16.3 Å². The number of aromatic nitrogens is 2. The number of nitrogens with zero attached hydrogens (tertiary/aromatic N) is 2. The first-order valence-corrected chi connectivity index (χ1v) is 8.74. The van der Waals surface area contributed by atoms with Crippen LogP contribution in [0.4, 0.5) is 5.13 Å². The molecule has 0 saturated carbocycles. The van der Waals surface area contributed by atoms with E-state index in [2.05, 4.69) is 15.5 Å². The van der Waals surface area contributed by atoms with Crippen molar-refractivity contribution < 1.29 is 13.9 Å². The summed E-state index contributed by atoms with van der Waals surface area (Å²) in [5, 5.41) is 12.8. The van der Waals surface area contributed by atoms with Crippen molar-refractivity contribution in [3.05, 3.63) is 40.6 Å². The van der Waals surface area contributed by atoms with Gasteiger partial charge in [-0.25, -0.2) is 0 Å². The molecule has 0 aliphatic heterocycles. The predicted molar refractivity (Wildman–Crippen MR) is 99.0 cm³/mol. The van der Waals surface area contributed by atoms with Crippen LogP contribution in [0, 0.1) is 13.8 Å². The van der Waals surface area contributed by atoms with E-state index < -0.39 is 0 Å². The topological polar surface area (TPSA) is 77.2 Å². The molecule has 7 heteroatoms. The monoisotopic (exact) mass is 357 g/mol. The van der Waals surface area contributed by atoms with E-state index in [-0.39, 0.29) is 5.91 Å². The van der Waals surface area contributed by atoms with Gasteiger partial charge in [0.25, 0.3) is 0 Å². The first kappa shape index (κ1) is 17.2. The second kappa shape index (κ2) is 7.06. The van der Waals surface area contributed by atoms with E-state index in [4.69, 9.17) is 9.15 Å². The van der Waals surface area contributed by atoms with Gasteiger partial charge in [0.2, 0.25) is 11.0 Å². The third-order valence-corrected chi connectivity index (χ3v) is 4.45. The Hall–Kier alpha value is -2.67. The van der Waals surface area contributed by atoms with Gasteiger partial charge in [0.05, 0.1) is 12.9 Å². The van der Waals surface area contributed by atoms with Crippen LogP contribution in [0.15, 0.2) is 28.9 Å². The summed E-state index contributed by atoms with van der Waals surface area (Å²) in [5.74, 6) is 0.442. The Morgan fingerprint density at radius 2 is 2.16 bits per heavy atom. The maximum absolute atomic E-state index is 12.2. The molecule has 0 saturated heterocycles. The van der Waals surface area contributed by atoms with Crippen LogP contribution in [-0.2, 0) is 4.79 Å². The molecule has 1 aromatic carbocycles. The minimum atomic E-state index is -0.250. The number of aryl methyl sites for hydroxylation is 2. The summed E-state index contributed by atoms with van der Waals surface area (Å²) in [4.78, 5) is 12.2. The summed E-state index contributed by atoms with van der Waals surface area (Å²) in [6.07, 6.45) is 3.25. The highest BCUT2D eigenvalue weighted by Crippen LogP contribution is 2.33. The van der Waals surface area contributed by atoms with Crippen molar-refractivity contribution in [3.8, 4) is 5.75 Å². The van der Waals surface area contributed by atoms with Gasteiger partial charge in [-0.05, 0) is 44.9 Å². The average Bonchev–Trinajstić information content (AvgIpc) is 3.12. The molecule has 3 rings (SSSR count). The molecule has 0 spiro atoms. The molecule has 0 bridgehead atoms. The molecule has 0 unspecified atom stereocenters. The molecule has 25 heavy (non-hydrogen) atoms. The highest BCUT2D eigenvalue weighted by molar-refractivity contribution is 7.15. The van der Waals surface area contributed by atoms with Crippen LogP contribution in [0.3, 0.4) is 0 Å². The third kappa shape index (κ3) is 3.71. The lowest BCUT2D eigenvalue weighted by Crippen LogP contribution is -2.08. The minimum Gasteiger partial charge on any atom is -0.493 e. The maximum Gasteiger partial charge on any atom is 0.250 e. The van der Waals surface area contributed by atoms with Gasteiger partial charge in [0, 0.05) is 23.1 Å². The molecule has 0 aliphatic rings. The van der Waals surface area contributed by atoms with Gasteiger partial charge >= 0.3 is 0 Å². The lowest BCUT2D eigenvalue weighted by Gasteiger charge is -2.11. The molecule has 0 atom stereocenters. The van der Waals surface area contributed by atoms with Crippen molar-refractivity contribution in [2.24, 2.45) is 0 Å². The molecule has 6 nitrogen and oxygen atoms in total. The first-order chi connectivity index (χ1) is 12.0. The van der Waals surface area contributed by atoms with Gasteiger partial charge in [0.15, 0.2) is 0 Å². The summed E-state index contributed by atoms with van der Waals surface area (Å²) >= 11 is 1.33. The molecule has 0 radical (unpaired) electrons. The number of allylic oxidation sites excluding steroid dienone is 1. The number of hydrogen-bond donors (Lipinski definition) is 1. The number of ether oxygens (including phenoxy) is 1. The van der Waals surface area contributed by atoms with E-state index in [1.165, 1.54) is 17.4 Å². The number of hydrogen-bond acceptors (Lipinski definition) is 6. The zero-order valence-corrected chi connectivity index (χ0v) is 15.4. The van der Waals surface area contributed by atoms with Crippen molar-refractivity contribution in [2.45, 2.75) is 27.7 Å². The lowest BCUT2D eigenvalue weighted by molar-refractivity contribution is -0.111. The lowest BCUT2D eigenvalue weighted by atomic mass is 10.0. The number of furan rings is 1. The van der Waals surface area contributed by atoms with Gasteiger partial charge in [-0.1, -0.05) is 11.3 Å². The molecule has 2 aromatic heterocycles. The SMILES string of the molecule is CCOc1cc2occ(C)c2cc1/C(C)=C/C(=O)Nc1nnc(C)s1. The standard InChI is InChI=1S/C18H19N3O3S/c1-5-23-15-8-16-14(11(3)9-24-16)7-13(15)10(2)6-17(22)19-18-21-20-12(4)25-18/h6-9H,5H2,1-4H3,(H,19,21,22)/b10-6+. The molecule has 2 heterocycles. The maximum atomic E-state index is 12.2. The largest absolute Gasteiger partial charge is 0.493 e. The normalized spacial score (nSPS) is 11.8. The van der Waals surface area contributed by atoms with Gasteiger partial charge in [-0.15, -0.1) is 10.2 Å². The number of nitrogens with one attached hydrogen (secondary N) is 1. The highest BCUT2D eigenvalue weighted by Gasteiger charge is 2.13. The molecular formula is C18H19N3O3S. The molecule has 1 N–H and O–H groups in total. The number of benzene rings is 1. The molecule has 130 valence electrons. The molecule has 0 fully saturated rings.